The molecule has 1 aliphatic heterocycles. The van der Waals surface area contributed by atoms with Crippen LogP contribution in [0.1, 0.15) is 38.5 Å². The van der Waals surface area contributed by atoms with Crippen LogP contribution in [0, 0.1) is 0 Å². The molecule has 0 N–H and O–H groups in total. The number of nitrogens with zero attached hydrogens (tertiary/aromatic N) is 1. The van der Waals surface area contributed by atoms with Crippen molar-refractivity contribution in [3.05, 3.63) is 0 Å². The van der Waals surface area contributed by atoms with Crippen LogP contribution in [-0.4, -0.2) is 42.6 Å². The van der Waals surface area contributed by atoms with Gasteiger partial charge >= 0.3 is 0 Å². The van der Waals surface area contributed by atoms with E-state index in [-0.39, 0.29) is 0 Å². The molecule has 88 valence electrons. The minimum atomic E-state index is 0.352. The standard InChI is InChI=1S/C12H22ClNO/c1-14(9-10-5-4-8-15-10)12-7-3-2-6-11(12)13/h10-12H,2-9H2,1H3. The van der Waals surface area contributed by atoms with Gasteiger partial charge in [-0.25, -0.2) is 0 Å². The lowest BCUT2D eigenvalue weighted by molar-refractivity contribution is 0.0619. The molecule has 1 aliphatic carbocycles. The van der Waals surface area contributed by atoms with E-state index < -0.39 is 0 Å². The van der Waals surface area contributed by atoms with Gasteiger partial charge in [0.1, 0.15) is 0 Å². The Morgan fingerprint density at radius 3 is 2.67 bits per heavy atom. The van der Waals surface area contributed by atoms with E-state index in [2.05, 4.69) is 11.9 Å². The van der Waals surface area contributed by atoms with Crippen LogP contribution in [-0.2, 0) is 4.74 Å². The zero-order chi connectivity index (χ0) is 10.7. The first-order valence-corrected chi connectivity index (χ1v) is 6.67. The Bertz CT molecular complexity index is 194. The molecule has 2 fully saturated rings. The van der Waals surface area contributed by atoms with Crippen LogP contribution in [0.25, 0.3) is 0 Å². The lowest BCUT2D eigenvalue weighted by Gasteiger charge is -2.36. The SMILES string of the molecule is CN(CC1CCCO1)C1CCCCC1Cl. The second-order valence-corrected chi connectivity index (χ2v) is 5.50. The zero-order valence-corrected chi connectivity index (χ0v) is 10.4. The second-order valence-electron chi connectivity index (χ2n) is 4.94. The third-order valence-corrected chi connectivity index (χ3v) is 4.24. The second kappa shape index (κ2) is 5.51. The third-order valence-electron chi connectivity index (χ3n) is 3.73. The maximum absolute atomic E-state index is 6.38. The normalized spacial score (nSPS) is 37.4. The monoisotopic (exact) mass is 231 g/mol. The Morgan fingerprint density at radius 1 is 1.20 bits per heavy atom. The highest BCUT2D eigenvalue weighted by Crippen LogP contribution is 2.27. The Kier molecular flexibility index (Phi) is 4.30. The maximum atomic E-state index is 6.38. The highest BCUT2D eigenvalue weighted by atomic mass is 35.5. The van der Waals surface area contributed by atoms with E-state index >= 15 is 0 Å². The molecular formula is C12H22ClNO. The lowest BCUT2D eigenvalue weighted by Crippen LogP contribution is -2.44. The summed E-state index contributed by atoms with van der Waals surface area (Å²) in [6, 6.07) is 0.574. The summed E-state index contributed by atoms with van der Waals surface area (Å²) in [7, 11) is 2.20. The van der Waals surface area contributed by atoms with Gasteiger partial charge in [-0.1, -0.05) is 12.8 Å². The predicted octanol–water partition coefficient (Wildman–Crippen LogP) is 2.65. The summed E-state index contributed by atoms with van der Waals surface area (Å²) in [5.74, 6) is 0. The summed E-state index contributed by atoms with van der Waals surface area (Å²) >= 11 is 6.38. The third kappa shape index (κ3) is 3.08. The number of alkyl halides is 1. The largest absolute Gasteiger partial charge is 0.377 e. The molecule has 1 heterocycles. The van der Waals surface area contributed by atoms with Gasteiger partial charge in [0.25, 0.3) is 0 Å². The fourth-order valence-electron chi connectivity index (χ4n) is 2.81. The molecule has 2 rings (SSSR count). The van der Waals surface area contributed by atoms with Gasteiger partial charge in [-0.3, -0.25) is 4.90 Å². The molecule has 0 spiro atoms. The van der Waals surface area contributed by atoms with Gasteiger partial charge in [0.15, 0.2) is 0 Å². The Balaban J connectivity index is 1.80. The van der Waals surface area contributed by atoms with Crippen molar-refractivity contribution >= 4 is 11.6 Å². The van der Waals surface area contributed by atoms with Crippen LogP contribution in [0.2, 0.25) is 0 Å². The van der Waals surface area contributed by atoms with Crippen molar-refractivity contribution in [1.29, 1.82) is 0 Å². The predicted molar refractivity (Wildman–Crippen MR) is 63.5 cm³/mol. The minimum Gasteiger partial charge on any atom is -0.377 e. The number of likely N-dealkylation sites (N-methyl/N-ethyl adjacent to an activating group) is 1. The van der Waals surface area contributed by atoms with Crippen LogP contribution in [0.5, 0.6) is 0 Å². The smallest absolute Gasteiger partial charge is 0.0702 e. The Morgan fingerprint density at radius 2 is 2.00 bits per heavy atom. The van der Waals surface area contributed by atoms with E-state index in [1.54, 1.807) is 0 Å². The van der Waals surface area contributed by atoms with Gasteiger partial charge < -0.3 is 4.74 Å². The first-order valence-electron chi connectivity index (χ1n) is 6.23. The summed E-state index contributed by atoms with van der Waals surface area (Å²) < 4.78 is 5.66. The van der Waals surface area contributed by atoms with Crippen molar-refractivity contribution < 1.29 is 4.74 Å². The first-order chi connectivity index (χ1) is 7.27. The van der Waals surface area contributed by atoms with Crippen molar-refractivity contribution in [3.8, 4) is 0 Å². The molecule has 0 aromatic carbocycles. The molecule has 2 aliphatic rings. The minimum absolute atomic E-state index is 0.352. The fraction of sp³-hybridized carbons (Fsp3) is 1.00. The molecule has 2 nitrogen and oxygen atoms in total. The van der Waals surface area contributed by atoms with Crippen molar-refractivity contribution in [2.75, 3.05) is 20.2 Å². The highest BCUT2D eigenvalue weighted by molar-refractivity contribution is 6.21. The van der Waals surface area contributed by atoms with Crippen LogP contribution in [0.3, 0.4) is 0 Å². The average molecular weight is 232 g/mol. The van der Waals surface area contributed by atoms with Gasteiger partial charge in [0, 0.05) is 24.6 Å². The summed E-state index contributed by atoms with van der Waals surface area (Å²) in [5, 5.41) is 0.352. The molecule has 0 bridgehead atoms. The quantitative estimate of drug-likeness (QED) is 0.693. The number of ether oxygens (including phenoxy) is 1. The van der Waals surface area contributed by atoms with Crippen LogP contribution >= 0.6 is 11.6 Å². The zero-order valence-electron chi connectivity index (χ0n) is 9.62. The summed E-state index contributed by atoms with van der Waals surface area (Å²) in [5.41, 5.74) is 0. The summed E-state index contributed by atoms with van der Waals surface area (Å²) in [6.07, 6.45) is 8.00. The molecule has 15 heavy (non-hydrogen) atoms. The van der Waals surface area contributed by atoms with E-state index in [0.29, 0.717) is 17.5 Å². The van der Waals surface area contributed by atoms with E-state index in [1.807, 2.05) is 0 Å². The van der Waals surface area contributed by atoms with Gasteiger partial charge in [0.2, 0.25) is 0 Å². The maximum Gasteiger partial charge on any atom is 0.0702 e. The van der Waals surface area contributed by atoms with Crippen molar-refractivity contribution in [3.63, 3.8) is 0 Å². The topological polar surface area (TPSA) is 12.5 Å². The average Bonchev–Trinajstić information content (AvgIpc) is 2.71. The van der Waals surface area contributed by atoms with Gasteiger partial charge in [-0.2, -0.15) is 0 Å². The van der Waals surface area contributed by atoms with Crippen LogP contribution < -0.4 is 0 Å². The van der Waals surface area contributed by atoms with Crippen molar-refractivity contribution in [2.24, 2.45) is 0 Å². The lowest BCUT2D eigenvalue weighted by atomic mass is 9.93. The highest BCUT2D eigenvalue weighted by Gasteiger charge is 2.28. The molecule has 1 saturated heterocycles. The molecule has 1 saturated carbocycles. The molecule has 3 unspecified atom stereocenters. The molecule has 0 radical (unpaired) electrons. The number of hydrogen-bond acceptors (Lipinski definition) is 2. The van der Waals surface area contributed by atoms with E-state index in [4.69, 9.17) is 16.3 Å². The number of hydrogen-bond donors (Lipinski definition) is 0. The van der Waals surface area contributed by atoms with Gasteiger partial charge in [0.05, 0.1) is 6.10 Å². The molecular weight excluding hydrogens is 210 g/mol. The van der Waals surface area contributed by atoms with E-state index in [1.165, 1.54) is 38.5 Å². The molecule has 0 aromatic rings. The van der Waals surface area contributed by atoms with Gasteiger partial charge in [-0.05, 0) is 32.7 Å². The summed E-state index contributed by atoms with van der Waals surface area (Å²) in [4.78, 5) is 2.42. The Hall–Kier alpha value is 0.210. The molecule has 0 aromatic heterocycles. The molecule has 3 atom stereocenters. The fourth-order valence-corrected chi connectivity index (χ4v) is 3.28. The number of halogens is 1. The Labute approximate surface area is 97.9 Å². The van der Waals surface area contributed by atoms with Gasteiger partial charge in [-0.15, -0.1) is 11.6 Å². The van der Waals surface area contributed by atoms with Crippen LogP contribution in [0.4, 0.5) is 0 Å². The van der Waals surface area contributed by atoms with Crippen molar-refractivity contribution in [1.82, 2.24) is 4.90 Å². The van der Waals surface area contributed by atoms with E-state index in [0.717, 1.165) is 13.2 Å². The number of rotatable bonds is 3. The molecule has 3 heteroatoms. The first kappa shape index (κ1) is 11.7. The van der Waals surface area contributed by atoms with E-state index in [9.17, 15) is 0 Å². The van der Waals surface area contributed by atoms with Crippen molar-refractivity contribution in [2.45, 2.75) is 56.0 Å². The molecule has 0 amide bonds. The van der Waals surface area contributed by atoms with Crippen LogP contribution in [0.15, 0.2) is 0 Å². The summed E-state index contributed by atoms with van der Waals surface area (Å²) in [6.45, 7) is 2.02.